The molecular weight excluding hydrogens is 270 g/mol. The van der Waals surface area contributed by atoms with Crippen molar-refractivity contribution in [3.8, 4) is 0 Å². The summed E-state index contributed by atoms with van der Waals surface area (Å²) >= 11 is 1.41. The number of nitrogens with one attached hydrogen (secondary N) is 2. The molecule has 0 spiro atoms. The van der Waals surface area contributed by atoms with E-state index in [1.807, 2.05) is 6.92 Å². The molecule has 0 saturated carbocycles. The largest absolute Gasteiger partial charge is 0.465 e. The minimum absolute atomic E-state index is 0.207. The lowest BCUT2D eigenvalue weighted by atomic mass is 9.81. The van der Waals surface area contributed by atoms with E-state index < -0.39 is 11.6 Å². The first kappa shape index (κ1) is 12.8. The Morgan fingerprint density at radius 1 is 1.74 bits per heavy atom. The van der Waals surface area contributed by atoms with Crippen molar-refractivity contribution in [2.45, 2.75) is 25.0 Å². The highest BCUT2D eigenvalue weighted by atomic mass is 32.1. The maximum atomic E-state index is 10.6. The minimum Gasteiger partial charge on any atom is -0.465 e. The van der Waals surface area contributed by atoms with Crippen LogP contribution >= 0.6 is 11.3 Å². The van der Waals surface area contributed by atoms with Gasteiger partial charge in [0.2, 0.25) is 0 Å². The molecule has 2 aliphatic heterocycles. The number of fused-ring (bicyclic) bond motifs is 1. The molecule has 7 nitrogen and oxygen atoms in total. The monoisotopic (exact) mass is 285 g/mol. The maximum absolute atomic E-state index is 10.6. The van der Waals surface area contributed by atoms with Gasteiger partial charge in [0.25, 0.3) is 0 Å². The minimum atomic E-state index is -1.12. The van der Waals surface area contributed by atoms with Crippen LogP contribution in [0, 0.1) is 5.92 Å². The highest BCUT2D eigenvalue weighted by Gasteiger charge is 2.51. The third-order valence-corrected chi connectivity index (χ3v) is 4.59. The van der Waals surface area contributed by atoms with Crippen LogP contribution in [0.2, 0.25) is 0 Å². The van der Waals surface area contributed by atoms with Gasteiger partial charge in [-0.25, -0.2) is 9.78 Å². The van der Waals surface area contributed by atoms with Crippen LogP contribution < -0.4 is 10.8 Å². The second-order valence-corrected chi connectivity index (χ2v) is 5.76. The van der Waals surface area contributed by atoms with Gasteiger partial charge in [-0.2, -0.15) is 5.48 Å². The molecule has 2 saturated heterocycles. The van der Waals surface area contributed by atoms with Crippen LogP contribution in [0.25, 0.3) is 0 Å². The average molecular weight is 285 g/mol. The molecule has 2 fully saturated rings. The van der Waals surface area contributed by atoms with Crippen LogP contribution in [0.15, 0.2) is 5.38 Å². The molecular formula is C11H15N3O4S. The number of aromatic nitrogens is 1. The van der Waals surface area contributed by atoms with Crippen molar-refractivity contribution in [2.75, 3.05) is 18.5 Å². The maximum Gasteiger partial charge on any atom is 0.410 e. The van der Waals surface area contributed by atoms with E-state index in [1.54, 1.807) is 5.38 Å². The number of carbonyl (C=O) groups is 1. The summed E-state index contributed by atoms with van der Waals surface area (Å²) in [5.41, 5.74) is 2.57. The number of hydrogen-bond acceptors (Lipinski definition) is 6. The van der Waals surface area contributed by atoms with E-state index >= 15 is 0 Å². The highest BCUT2D eigenvalue weighted by molar-refractivity contribution is 7.10. The van der Waals surface area contributed by atoms with E-state index in [0.29, 0.717) is 24.9 Å². The molecule has 0 radical (unpaired) electrons. The first-order valence-corrected chi connectivity index (χ1v) is 6.94. The van der Waals surface area contributed by atoms with E-state index in [1.165, 1.54) is 11.3 Å². The van der Waals surface area contributed by atoms with Crippen molar-refractivity contribution in [2.24, 2.45) is 5.92 Å². The smallest absolute Gasteiger partial charge is 0.410 e. The molecule has 0 bridgehead atoms. The first-order valence-electron chi connectivity index (χ1n) is 6.06. The van der Waals surface area contributed by atoms with Crippen LogP contribution in [-0.4, -0.2) is 35.5 Å². The third kappa shape index (κ3) is 2.20. The van der Waals surface area contributed by atoms with Crippen LogP contribution in [0.1, 0.15) is 18.4 Å². The van der Waals surface area contributed by atoms with E-state index in [2.05, 4.69) is 15.8 Å². The molecule has 8 heteroatoms. The molecule has 3 N–H and O–H groups in total. The SMILES string of the molecule is C[C@H]1C[C@H]2CON[C@@]2(c2nc(NC(=O)O)cs2)CO1. The number of anilines is 1. The summed E-state index contributed by atoms with van der Waals surface area (Å²) < 4.78 is 5.73. The summed E-state index contributed by atoms with van der Waals surface area (Å²) in [6, 6.07) is 0. The number of rotatable bonds is 2. The summed E-state index contributed by atoms with van der Waals surface area (Å²) in [5, 5.41) is 13.4. The molecule has 0 aromatic carbocycles. The van der Waals surface area contributed by atoms with Crippen molar-refractivity contribution in [1.29, 1.82) is 0 Å². The van der Waals surface area contributed by atoms with E-state index in [4.69, 9.17) is 14.7 Å². The van der Waals surface area contributed by atoms with Gasteiger partial charge in [0.1, 0.15) is 16.4 Å². The van der Waals surface area contributed by atoms with Crippen LogP contribution in [0.5, 0.6) is 0 Å². The number of hydrogen-bond donors (Lipinski definition) is 3. The first-order chi connectivity index (χ1) is 9.10. The van der Waals surface area contributed by atoms with Crippen LogP contribution in [-0.2, 0) is 15.1 Å². The Labute approximate surface area is 113 Å². The summed E-state index contributed by atoms with van der Waals surface area (Å²) in [6.45, 7) is 3.15. The van der Waals surface area contributed by atoms with Gasteiger partial charge in [-0.15, -0.1) is 11.3 Å². The topological polar surface area (TPSA) is 92.7 Å². The van der Waals surface area contributed by atoms with Gasteiger partial charge in [-0.3, -0.25) is 5.32 Å². The van der Waals surface area contributed by atoms with Crippen molar-refractivity contribution in [3.63, 3.8) is 0 Å². The number of amides is 1. The van der Waals surface area contributed by atoms with Crippen LogP contribution in [0.3, 0.4) is 0 Å². The standard InChI is InChI=1S/C11H15N3O4S/c1-6-2-7-3-18-14-11(7,5-17-6)9-12-8(4-19-9)13-10(15)16/h4,6-7,13-14H,2-3,5H2,1H3,(H,15,16)/t6-,7-,11-/m0/s1. The Bertz CT molecular complexity index is 494. The zero-order valence-electron chi connectivity index (χ0n) is 10.4. The molecule has 0 aliphatic carbocycles. The Kier molecular flexibility index (Phi) is 3.17. The van der Waals surface area contributed by atoms with E-state index in [-0.39, 0.29) is 6.10 Å². The molecule has 3 heterocycles. The fourth-order valence-corrected chi connectivity index (χ4v) is 3.54. The van der Waals surface area contributed by atoms with Gasteiger partial charge in [-0.05, 0) is 13.3 Å². The van der Waals surface area contributed by atoms with Crippen LogP contribution in [0.4, 0.5) is 10.6 Å². The lowest BCUT2D eigenvalue weighted by Gasteiger charge is -2.38. The number of nitrogens with zero attached hydrogens (tertiary/aromatic N) is 1. The van der Waals surface area contributed by atoms with Crippen molar-refractivity contribution >= 4 is 23.2 Å². The second kappa shape index (κ2) is 4.71. The Morgan fingerprint density at radius 2 is 2.58 bits per heavy atom. The molecule has 1 aromatic heterocycles. The lowest BCUT2D eigenvalue weighted by Crippen LogP contribution is -2.50. The van der Waals surface area contributed by atoms with Gasteiger partial charge in [-0.1, -0.05) is 0 Å². The van der Waals surface area contributed by atoms with E-state index in [0.717, 1.165) is 11.4 Å². The van der Waals surface area contributed by atoms with E-state index in [9.17, 15) is 4.79 Å². The number of hydroxylamine groups is 1. The zero-order valence-corrected chi connectivity index (χ0v) is 11.2. The molecule has 1 amide bonds. The molecule has 2 aliphatic rings. The quantitative estimate of drug-likeness (QED) is 0.760. The number of thiazole rings is 1. The molecule has 3 atom stereocenters. The zero-order chi connectivity index (χ0) is 13.5. The third-order valence-electron chi connectivity index (χ3n) is 3.57. The lowest BCUT2D eigenvalue weighted by molar-refractivity contribution is -0.0602. The Morgan fingerprint density at radius 3 is 3.37 bits per heavy atom. The van der Waals surface area contributed by atoms with Gasteiger partial charge in [0, 0.05) is 11.3 Å². The average Bonchev–Trinajstić information content (AvgIpc) is 2.94. The molecule has 1 aromatic rings. The van der Waals surface area contributed by atoms with Crippen molar-refractivity contribution in [1.82, 2.24) is 10.5 Å². The normalized spacial score (nSPS) is 33.9. The predicted octanol–water partition coefficient (Wildman–Crippen LogP) is 1.39. The molecule has 104 valence electrons. The fourth-order valence-electron chi connectivity index (χ4n) is 2.58. The van der Waals surface area contributed by atoms with Gasteiger partial charge >= 0.3 is 6.09 Å². The molecule has 19 heavy (non-hydrogen) atoms. The fraction of sp³-hybridized carbons (Fsp3) is 0.636. The Balaban J connectivity index is 1.87. The van der Waals surface area contributed by atoms with Crippen molar-refractivity contribution in [3.05, 3.63) is 10.4 Å². The van der Waals surface area contributed by atoms with Gasteiger partial charge in [0.05, 0.1) is 19.3 Å². The number of ether oxygens (including phenoxy) is 1. The predicted molar refractivity (Wildman–Crippen MR) is 68.0 cm³/mol. The number of carboxylic acid groups (broad SMARTS) is 1. The van der Waals surface area contributed by atoms with Gasteiger partial charge < -0.3 is 14.7 Å². The van der Waals surface area contributed by atoms with Crippen molar-refractivity contribution < 1.29 is 19.5 Å². The summed E-state index contributed by atoms with van der Waals surface area (Å²) in [5.74, 6) is 0.632. The highest BCUT2D eigenvalue weighted by Crippen LogP contribution is 2.42. The second-order valence-electron chi connectivity index (χ2n) is 4.91. The van der Waals surface area contributed by atoms with Gasteiger partial charge in [0.15, 0.2) is 0 Å². The summed E-state index contributed by atoms with van der Waals surface area (Å²) in [7, 11) is 0. The molecule has 3 rings (SSSR count). The summed E-state index contributed by atoms with van der Waals surface area (Å²) in [6.07, 6.45) is -0.0119. The summed E-state index contributed by atoms with van der Waals surface area (Å²) in [4.78, 5) is 20.3. The molecule has 0 unspecified atom stereocenters. The Hall–Kier alpha value is -1.22.